The van der Waals surface area contributed by atoms with Crippen molar-refractivity contribution in [3.05, 3.63) is 0 Å². The van der Waals surface area contributed by atoms with E-state index in [2.05, 4.69) is 10.6 Å². The zero-order chi connectivity index (χ0) is 25.1. The summed E-state index contributed by atoms with van der Waals surface area (Å²) in [6.45, 7) is 9.95. The topological polar surface area (TPSA) is 114 Å². The molecule has 1 amide bonds. The summed E-state index contributed by atoms with van der Waals surface area (Å²) < 4.78 is 9.94. The lowest BCUT2D eigenvalue weighted by molar-refractivity contribution is -0.158. The van der Waals surface area contributed by atoms with Crippen molar-refractivity contribution in [3.8, 4) is 0 Å². The molecule has 3 N–H and O–H groups in total. The lowest BCUT2D eigenvalue weighted by atomic mass is 9.91. The number of aliphatic carboxylic acids is 1. The summed E-state index contributed by atoms with van der Waals surface area (Å²) in [5, 5.41) is 15.0. The van der Waals surface area contributed by atoms with Gasteiger partial charge in [-0.3, -0.25) is 4.79 Å². The Balaban J connectivity index is 0.000000357. The van der Waals surface area contributed by atoms with Gasteiger partial charge in [0.25, 0.3) is 0 Å². The van der Waals surface area contributed by atoms with Crippen LogP contribution in [0, 0.1) is 0 Å². The van der Waals surface area contributed by atoms with Crippen LogP contribution in [-0.2, 0) is 19.1 Å². The van der Waals surface area contributed by atoms with E-state index in [0.29, 0.717) is 0 Å². The van der Waals surface area contributed by atoms with Crippen molar-refractivity contribution in [2.75, 3.05) is 0 Å². The van der Waals surface area contributed by atoms with Crippen molar-refractivity contribution in [2.24, 2.45) is 0 Å². The van der Waals surface area contributed by atoms with Crippen molar-refractivity contribution in [1.82, 2.24) is 10.6 Å². The molecule has 0 aromatic heterocycles. The Hall–Kier alpha value is -1.83. The molecule has 0 spiro atoms. The number of carboxylic acids is 1. The van der Waals surface area contributed by atoms with Crippen LogP contribution < -0.4 is 10.6 Å². The average molecular weight is 471 g/mol. The highest BCUT2D eigenvalue weighted by molar-refractivity contribution is 5.85. The van der Waals surface area contributed by atoms with Gasteiger partial charge in [-0.2, -0.15) is 0 Å². The molecule has 2 aliphatic carbocycles. The van der Waals surface area contributed by atoms with E-state index in [1.807, 2.05) is 0 Å². The number of hydrogen-bond donors (Lipinski definition) is 3. The zero-order valence-corrected chi connectivity index (χ0v) is 21.5. The van der Waals surface area contributed by atoms with Gasteiger partial charge in [0.05, 0.1) is 6.42 Å². The number of carboxylic acid groups (broad SMARTS) is 1. The molecular weight excluding hydrogens is 424 g/mol. The average Bonchev–Trinajstić information content (AvgIpc) is 2.66. The molecule has 2 saturated carbocycles. The molecule has 192 valence electrons. The van der Waals surface area contributed by atoms with E-state index >= 15 is 0 Å². The Kier molecular flexibility index (Phi) is 12.2. The van der Waals surface area contributed by atoms with E-state index in [4.69, 9.17) is 14.6 Å². The standard InChI is InChI=1S/C13H23NO6.C12H23N/c1-12(2,3)19-9(15)7-8(10(16)17)14-11(18)20-13(4,5)6;1-3-7-11(8-4-1)13-12-9-5-2-6-10-12/h8H,7H2,1-6H3,(H,14,18)(H,16,17);11-13H,1-10H2. The third kappa shape index (κ3) is 14.8. The van der Waals surface area contributed by atoms with Crippen LogP contribution in [0.25, 0.3) is 0 Å². The Morgan fingerprint density at radius 1 is 0.788 bits per heavy atom. The first-order valence-electron chi connectivity index (χ1n) is 12.5. The Morgan fingerprint density at radius 3 is 1.58 bits per heavy atom. The maximum absolute atomic E-state index is 11.6. The predicted octanol–water partition coefficient (Wildman–Crippen LogP) is 4.94. The first kappa shape index (κ1) is 29.2. The molecule has 8 nitrogen and oxygen atoms in total. The molecule has 33 heavy (non-hydrogen) atoms. The van der Waals surface area contributed by atoms with Gasteiger partial charge in [-0.1, -0.05) is 38.5 Å². The highest BCUT2D eigenvalue weighted by Gasteiger charge is 2.28. The lowest BCUT2D eigenvalue weighted by Gasteiger charge is -2.30. The summed E-state index contributed by atoms with van der Waals surface area (Å²) in [7, 11) is 0. The fourth-order valence-electron chi connectivity index (χ4n) is 4.07. The summed E-state index contributed by atoms with van der Waals surface area (Å²) in [4.78, 5) is 34.1. The van der Waals surface area contributed by atoms with E-state index in [1.54, 1.807) is 41.5 Å². The molecule has 8 heteroatoms. The van der Waals surface area contributed by atoms with Crippen LogP contribution >= 0.6 is 0 Å². The second-order valence-electron chi connectivity index (χ2n) is 11.2. The van der Waals surface area contributed by atoms with Gasteiger partial charge in [0.15, 0.2) is 0 Å². The van der Waals surface area contributed by atoms with Gasteiger partial charge < -0.3 is 25.2 Å². The summed E-state index contributed by atoms with van der Waals surface area (Å²) in [5.41, 5.74) is -1.47. The van der Waals surface area contributed by atoms with Gasteiger partial charge in [0.1, 0.15) is 17.2 Å². The maximum Gasteiger partial charge on any atom is 0.408 e. The van der Waals surface area contributed by atoms with E-state index in [1.165, 1.54) is 64.2 Å². The van der Waals surface area contributed by atoms with E-state index in [9.17, 15) is 14.4 Å². The fraction of sp³-hybridized carbons (Fsp3) is 0.880. The van der Waals surface area contributed by atoms with Crippen molar-refractivity contribution >= 4 is 18.0 Å². The molecule has 1 atom stereocenters. The highest BCUT2D eigenvalue weighted by Crippen LogP contribution is 2.22. The number of carbonyl (C=O) groups is 3. The summed E-state index contributed by atoms with van der Waals surface area (Å²) in [6.07, 6.45) is 13.2. The number of alkyl carbamates (subject to hydrolysis) is 1. The SMILES string of the molecule is C1CCC(NC2CCCCC2)CC1.CC(C)(C)OC(=O)CC(NC(=O)OC(C)(C)C)C(=O)O. The largest absolute Gasteiger partial charge is 0.480 e. The van der Waals surface area contributed by atoms with Crippen LogP contribution in [0.2, 0.25) is 0 Å². The van der Waals surface area contributed by atoms with Crippen molar-refractivity contribution in [3.63, 3.8) is 0 Å². The normalized spacial score (nSPS) is 19.0. The van der Waals surface area contributed by atoms with Gasteiger partial charge in [-0.15, -0.1) is 0 Å². The van der Waals surface area contributed by atoms with E-state index in [0.717, 1.165) is 12.1 Å². The highest BCUT2D eigenvalue weighted by atomic mass is 16.6. The molecule has 0 aliphatic heterocycles. The number of hydrogen-bond acceptors (Lipinski definition) is 6. The van der Waals surface area contributed by atoms with Gasteiger partial charge in [-0.25, -0.2) is 9.59 Å². The molecule has 2 aliphatic rings. The molecule has 0 radical (unpaired) electrons. The number of esters is 1. The van der Waals surface area contributed by atoms with E-state index in [-0.39, 0.29) is 0 Å². The minimum atomic E-state index is -1.39. The summed E-state index contributed by atoms with van der Waals surface area (Å²) in [6, 6.07) is 0.355. The Labute approximate surface area is 199 Å². The summed E-state index contributed by atoms with van der Waals surface area (Å²) >= 11 is 0. The molecule has 0 aromatic carbocycles. The fourth-order valence-corrected chi connectivity index (χ4v) is 4.07. The van der Waals surface area contributed by atoms with Crippen molar-refractivity contribution < 1.29 is 29.0 Å². The van der Waals surface area contributed by atoms with Crippen LogP contribution in [0.1, 0.15) is 112 Å². The van der Waals surface area contributed by atoms with Crippen LogP contribution in [0.3, 0.4) is 0 Å². The molecule has 2 rings (SSSR count). The van der Waals surface area contributed by atoms with Crippen molar-refractivity contribution in [2.45, 2.75) is 141 Å². The summed E-state index contributed by atoms with van der Waals surface area (Å²) in [5.74, 6) is -2.04. The first-order chi connectivity index (χ1) is 15.2. The minimum absolute atomic E-state index is 0.466. The number of carbonyl (C=O) groups excluding carboxylic acids is 2. The predicted molar refractivity (Wildman–Crippen MR) is 128 cm³/mol. The Bertz CT molecular complexity index is 565. The third-order valence-corrected chi connectivity index (χ3v) is 5.46. The Morgan fingerprint density at radius 2 is 1.21 bits per heavy atom. The number of nitrogens with one attached hydrogen (secondary N) is 2. The number of ether oxygens (including phenoxy) is 2. The van der Waals surface area contributed by atoms with E-state index < -0.39 is 41.7 Å². The monoisotopic (exact) mass is 470 g/mol. The van der Waals surface area contributed by atoms with Gasteiger partial charge in [-0.05, 0) is 67.2 Å². The smallest absolute Gasteiger partial charge is 0.408 e. The second-order valence-corrected chi connectivity index (χ2v) is 11.2. The number of rotatable bonds is 6. The molecular formula is C25H46N2O6. The zero-order valence-electron chi connectivity index (χ0n) is 21.5. The van der Waals surface area contributed by atoms with Crippen LogP contribution in [0.4, 0.5) is 4.79 Å². The molecule has 0 aromatic rings. The maximum atomic E-state index is 11.6. The number of amides is 1. The molecule has 2 fully saturated rings. The third-order valence-electron chi connectivity index (χ3n) is 5.46. The molecule has 1 unspecified atom stereocenters. The van der Waals surface area contributed by atoms with Gasteiger partial charge >= 0.3 is 18.0 Å². The van der Waals surface area contributed by atoms with Crippen LogP contribution in [0.5, 0.6) is 0 Å². The van der Waals surface area contributed by atoms with Crippen LogP contribution in [-0.4, -0.2) is 52.5 Å². The molecule has 0 saturated heterocycles. The van der Waals surface area contributed by atoms with Gasteiger partial charge in [0.2, 0.25) is 0 Å². The van der Waals surface area contributed by atoms with Crippen molar-refractivity contribution in [1.29, 1.82) is 0 Å². The van der Waals surface area contributed by atoms with Gasteiger partial charge in [0, 0.05) is 12.1 Å². The molecule has 0 bridgehead atoms. The molecule has 0 heterocycles. The second kappa shape index (κ2) is 13.8. The first-order valence-corrected chi connectivity index (χ1v) is 12.5. The lowest BCUT2D eigenvalue weighted by Crippen LogP contribution is -2.45. The van der Waals surface area contributed by atoms with Crippen LogP contribution in [0.15, 0.2) is 0 Å². The quantitative estimate of drug-likeness (QED) is 0.471. The minimum Gasteiger partial charge on any atom is -0.480 e.